The molecule has 2 N–H and O–H groups in total. The van der Waals surface area contributed by atoms with Crippen LogP contribution in [0.25, 0.3) is 0 Å². The van der Waals surface area contributed by atoms with E-state index < -0.39 is 29.4 Å². The summed E-state index contributed by atoms with van der Waals surface area (Å²) < 4.78 is 0. The number of hydrogen-bond acceptors (Lipinski definition) is 4. The number of hydrogen-bond donors (Lipinski definition) is 2. The van der Waals surface area contributed by atoms with E-state index >= 15 is 0 Å². The Kier molecular flexibility index (Phi) is 3.89. The van der Waals surface area contributed by atoms with Gasteiger partial charge in [-0.1, -0.05) is 0 Å². The van der Waals surface area contributed by atoms with Crippen molar-refractivity contribution in [2.45, 2.75) is 32.2 Å². The summed E-state index contributed by atoms with van der Waals surface area (Å²) in [7, 11) is 1.39. The van der Waals surface area contributed by atoms with Gasteiger partial charge in [0.2, 0.25) is 5.91 Å². The topological polar surface area (TPSA) is 107 Å². The lowest BCUT2D eigenvalue weighted by atomic mass is 9.90. The minimum atomic E-state index is -0.944. The van der Waals surface area contributed by atoms with E-state index in [0.717, 1.165) is 4.90 Å². The van der Waals surface area contributed by atoms with Crippen molar-refractivity contribution in [1.29, 1.82) is 0 Å². The van der Waals surface area contributed by atoms with Gasteiger partial charge in [-0.15, -0.1) is 0 Å². The second-order valence-electron chi connectivity index (χ2n) is 5.87. The molecule has 116 valence electrons. The summed E-state index contributed by atoms with van der Waals surface area (Å²) in [5, 5.41) is 11.7. The summed E-state index contributed by atoms with van der Waals surface area (Å²) in [6.07, 6.45) is 0.866. The van der Waals surface area contributed by atoms with E-state index in [-0.39, 0.29) is 25.3 Å². The Bertz CT molecular complexity index is 506. The van der Waals surface area contributed by atoms with Crippen LogP contribution >= 0.6 is 0 Å². The number of carboxylic acids is 1. The maximum Gasteiger partial charge on any atom is 0.318 e. The van der Waals surface area contributed by atoms with E-state index in [1.165, 1.54) is 11.9 Å². The number of likely N-dealkylation sites (N-methyl/N-ethyl adjacent to an activating group) is 1. The first-order valence-electron chi connectivity index (χ1n) is 6.84. The molecule has 0 aromatic rings. The summed E-state index contributed by atoms with van der Waals surface area (Å²) in [5.74, 6) is -1.62. The van der Waals surface area contributed by atoms with E-state index in [1.807, 2.05) is 0 Å². The van der Waals surface area contributed by atoms with Crippen molar-refractivity contribution in [1.82, 2.24) is 15.1 Å². The third kappa shape index (κ3) is 2.84. The van der Waals surface area contributed by atoms with Gasteiger partial charge >= 0.3 is 12.0 Å². The van der Waals surface area contributed by atoms with Gasteiger partial charge in [0.25, 0.3) is 5.91 Å². The fourth-order valence-corrected chi connectivity index (χ4v) is 2.60. The van der Waals surface area contributed by atoms with Gasteiger partial charge < -0.3 is 15.3 Å². The normalized spacial score (nSPS) is 29.7. The van der Waals surface area contributed by atoms with E-state index in [9.17, 15) is 19.2 Å². The lowest BCUT2D eigenvalue weighted by molar-refractivity contribution is -0.148. The molecule has 0 aliphatic carbocycles. The molecule has 21 heavy (non-hydrogen) atoms. The Balaban J connectivity index is 1.95. The molecule has 2 unspecified atom stereocenters. The van der Waals surface area contributed by atoms with Crippen molar-refractivity contribution < 1.29 is 24.3 Å². The number of likely N-dealkylation sites (tertiary alicyclic amines) is 2. The fraction of sp³-hybridized carbons (Fsp3) is 0.692. The third-order valence-corrected chi connectivity index (χ3v) is 4.22. The van der Waals surface area contributed by atoms with Crippen molar-refractivity contribution in [3.05, 3.63) is 0 Å². The summed E-state index contributed by atoms with van der Waals surface area (Å²) in [5.41, 5.74) is -0.944. The van der Waals surface area contributed by atoms with E-state index in [2.05, 4.69) is 5.32 Å². The Hall–Kier alpha value is -2.12. The zero-order chi connectivity index (χ0) is 15.8. The van der Waals surface area contributed by atoms with Crippen LogP contribution in [0.3, 0.4) is 0 Å². The largest absolute Gasteiger partial charge is 0.481 e. The van der Waals surface area contributed by atoms with Crippen molar-refractivity contribution >= 4 is 23.8 Å². The summed E-state index contributed by atoms with van der Waals surface area (Å²) >= 11 is 0. The predicted octanol–water partition coefficient (Wildman–Crippen LogP) is -0.360. The standard InChI is InChI=1S/C13H19N3O5/c1-13(11(19)20)5-6-16(7-13)12(21)14-8-3-4-9(17)15(2)10(8)18/h8H,3-7H2,1-2H3,(H,14,21)(H,19,20). The molecule has 2 aliphatic heterocycles. The monoisotopic (exact) mass is 297 g/mol. The van der Waals surface area contributed by atoms with Crippen LogP contribution in [0.1, 0.15) is 26.2 Å². The number of rotatable bonds is 2. The highest BCUT2D eigenvalue weighted by Gasteiger charge is 2.43. The number of carboxylic acid groups (broad SMARTS) is 1. The number of carbonyl (C=O) groups is 4. The molecule has 0 bridgehead atoms. The zero-order valence-electron chi connectivity index (χ0n) is 12.1. The van der Waals surface area contributed by atoms with Crippen molar-refractivity contribution in [2.24, 2.45) is 5.41 Å². The van der Waals surface area contributed by atoms with Gasteiger partial charge in [0.1, 0.15) is 6.04 Å². The molecule has 2 fully saturated rings. The van der Waals surface area contributed by atoms with Crippen LogP contribution in [0.2, 0.25) is 0 Å². The SMILES string of the molecule is CN1C(=O)CCC(NC(=O)N2CCC(C)(C(=O)O)C2)C1=O. The molecular formula is C13H19N3O5. The van der Waals surface area contributed by atoms with Crippen LogP contribution < -0.4 is 5.32 Å². The molecule has 2 saturated heterocycles. The molecule has 8 nitrogen and oxygen atoms in total. The molecule has 0 saturated carbocycles. The Labute approximate surface area is 122 Å². The Morgan fingerprint density at radius 3 is 2.62 bits per heavy atom. The molecule has 2 atom stereocenters. The van der Waals surface area contributed by atoms with E-state index in [0.29, 0.717) is 13.0 Å². The molecule has 0 spiro atoms. The molecule has 4 amide bonds. The first kappa shape index (κ1) is 15.3. The molecule has 8 heteroatoms. The lowest BCUT2D eigenvalue weighted by Crippen LogP contribution is -2.55. The van der Waals surface area contributed by atoms with E-state index in [1.54, 1.807) is 6.92 Å². The van der Waals surface area contributed by atoms with Crippen molar-refractivity contribution in [3.63, 3.8) is 0 Å². The van der Waals surface area contributed by atoms with Crippen molar-refractivity contribution in [3.8, 4) is 0 Å². The van der Waals surface area contributed by atoms with Crippen LogP contribution in [-0.2, 0) is 14.4 Å². The number of nitrogens with one attached hydrogen (secondary N) is 1. The van der Waals surface area contributed by atoms with Gasteiger partial charge in [0.15, 0.2) is 0 Å². The highest BCUT2D eigenvalue weighted by Crippen LogP contribution is 2.30. The van der Waals surface area contributed by atoms with Crippen LogP contribution in [-0.4, -0.2) is 64.9 Å². The number of amides is 4. The molecule has 0 aromatic heterocycles. The first-order valence-corrected chi connectivity index (χ1v) is 6.84. The zero-order valence-corrected chi connectivity index (χ0v) is 12.1. The van der Waals surface area contributed by atoms with Crippen LogP contribution in [0.15, 0.2) is 0 Å². The number of piperidine rings is 1. The van der Waals surface area contributed by atoms with Crippen LogP contribution in [0, 0.1) is 5.41 Å². The second-order valence-corrected chi connectivity index (χ2v) is 5.87. The average molecular weight is 297 g/mol. The van der Waals surface area contributed by atoms with Gasteiger partial charge in [0.05, 0.1) is 5.41 Å². The molecule has 2 rings (SSSR count). The first-order chi connectivity index (χ1) is 9.74. The van der Waals surface area contributed by atoms with Gasteiger partial charge in [-0.25, -0.2) is 4.79 Å². The highest BCUT2D eigenvalue weighted by molar-refractivity contribution is 6.01. The number of imide groups is 1. The average Bonchev–Trinajstić information content (AvgIpc) is 2.84. The molecule has 0 radical (unpaired) electrons. The van der Waals surface area contributed by atoms with Crippen molar-refractivity contribution in [2.75, 3.05) is 20.1 Å². The summed E-state index contributed by atoms with van der Waals surface area (Å²) in [6, 6.07) is -1.18. The smallest absolute Gasteiger partial charge is 0.318 e. The van der Waals surface area contributed by atoms with E-state index in [4.69, 9.17) is 5.11 Å². The quantitative estimate of drug-likeness (QED) is 0.677. The number of carbonyl (C=O) groups excluding carboxylic acids is 3. The maximum absolute atomic E-state index is 12.1. The van der Waals surface area contributed by atoms with Gasteiger partial charge in [0, 0.05) is 26.6 Å². The van der Waals surface area contributed by atoms with Gasteiger partial charge in [-0.2, -0.15) is 0 Å². The van der Waals surface area contributed by atoms with Gasteiger partial charge in [-0.05, 0) is 19.8 Å². The van der Waals surface area contributed by atoms with Gasteiger partial charge in [-0.3, -0.25) is 19.3 Å². The lowest BCUT2D eigenvalue weighted by Gasteiger charge is -2.30. The third-order valence-electron chi connectivity index (χ3n) is 4.22. The predicted molar refractivity (Wildman–Crippen MR) is 71.3 cm³/mol. The molecule has 0 aromatic carbocycles. The Morgan fingerprint density at radius 1 is 1.38 bits per heavy atom. The maximum atomic E-state index is 12.1. The fourth-order valence-electron chi connectivity index (χ4n) is 2.60. The number of urea groups is 1. The molecule has 2 aliphatic rings. The summed E-state index contributed by atoms with van der Waals surface area (Å²) in [4.78, 5) is 49.0. The molecular weight excluding hydrogens is 278 g/mol. The summed E-state index contributed by atoms with van der Waals surface area (Å²) in [6.45, 7) is 2.05. The van der Waals surface area contributed by atoms with Crippen LogP contribution in [0.5, 0.6) is 0 Å². The van der Waals surface area contributed by atoms with Crippen LogP contribution in [0.4, 0.5) is 4.79 Å². The molecule has 2 heterocycles. The minimum Gasteiger partial charge on any atom is -0.481 e. The minimum absolute atomic E-state index is 0.115. The number of aliphatic carboxylic acids is 1. The Morgan fingerprint density at radius 2 is 2.05 bits per heavy atom. The second kappa shape index (κ2) is 5.34. The number of nitrogens with zero attached hydrogens (tertiary/aromatic N) is 2. The highest BCUT2D eigenvalue weighted by atomic mass is 16.4.